The summed E-state index contributed by atoms with van der Waals surface area (Å²) in [7, 11) is 0. The van der Waals surface area contributed by atoms with Crippen molar-refractivity contribution in [2.24, 2.45) is 0 Å². The number of hydrogen-bond acceptors (Lipinski definition) is 5. The molecule has 1 aromatic heterocycles. The number of carbonyl (C=O) groups is 2. The van der Waals surface area contributed by atoms with E-state index in [1.807, 2.05) is 0 Å². The van der Waals surface area contributed by atoms with Gasteiger partial charge in [0.1, 0.15) is 0 Å². The number of amides is 2. The molecule has 0 bridgehead atoms. The average molecular weight is 331 g/mol. The van der Waals surface area contributed by atoms with Crippen LogP contribution in [-0.2, 0) is 0 Å². The maximum Gasteiger partial charge on any atom is 0.404 e. The maximum atomic E-state index is 12.6. The number of aromatic nitrogens is 3. The second kappa shape index (κ2) is 6.67. The zero-order valence-electron chi connectivity index (χ0n) is 12.7. The van der Waals surface area contributed by atoms with Crippen LogP contribution in [0.1, 0.15) is 23.2 Å². The van der Waals surface area contributed by atoms with Crippen molar-refractivity contribution in [3.8, 4) is 5.69 Å². The molecule has 1 aromatic carbocycles. The van der Waals surface area contributed by atoms with E-state index in [1.54, 1.807) is 24.3 Å². The number of carbonyl (C=O) groups excluding carboxylic acids is 1. The molecule has 1 fully saturated rings. The topological polar surface area (TPSA) is 129 Å². The van der Waals surface area contributed by atoms with Crippen LogP contribution in [0.4, 0.5) is 4.79 Å². The van der Waals surface area contributed by atoms with Gasteiger partial charge in [-0.1, -0.05) is 12.1 Å². The van der Waals surface area contributed by atoms with Gasteiger partial charge in [0.15, 0.2) is 0 Å². The number of rotatable bonds is 4. The molecule has 0 spiro atoms. The molecule has 3 rings (SSSR count). The van der Waals surface area contributed by atoms with Crippen LogP contribution in [0.3, 0.4) is 0 Å². The highest BCUT2D eigenvalue weighted by atomic mass is 16.4. The average Bonchev–Trinajstić information content (AvgIpc) is 3.17. The first-order chi connectivity index (χ1) is 11.5. The van der Waals surface area contributed by atoms with E-state index in [9.17, 15) is 14.7 Å². The van der Waals surface area contributed by atoms with Gasteiger partial charge in [0.05, 0.1) is 41.8 Å². The molecule has 126 valence electrons. The Bertz CT molecular complexity index is 733. The number of hydrogen-bond donors (Lipinski definition) is 4. The zero-order chi connectivity index (χ0) is 17.1. The Hall–Kier alpha value is -2.94. The van der Waals surface area contributed by atoms with E-state index in [0.29, 0.717) is 17.7 Å². The van der Waals surface area contributed by atoms with Gasteiger partial charge >= 0.3 is 6.09 Å². The van der Waals surface area contributed by atoms with Crippen LogP contribution in [0, 0.1) is 0 Å². The lowest BCUT2D eigenvalue weighted by Gasteiger charge is -2.21. The van der Waals surface area contributed by atoms with Gasteiger partial charge in [-0.25, -0.2) is 4.79 Å². The zero-order valence-corrected chi connectivity index (χ0v) is 12.7. The number of nitrogens with one attached hydrogen (secondary N) is 2. The van der Waals surface area contributed by atoms with Crippen LogP contribution < -0.4 is 10.6 Å². The molecule has 0 radical (unpaired) electrons. The van der Waals surface area contributed by atoms with E-state index in [2.05, 4.69) is 20.8 Å². The Kier molecular flexibility index (Phi) is 4.43. The number of carboxylic acid groups (broad SMARTS) is 1. The molecule has 0 aliphatic heterocycles. The largest absolute Gasteiger partial charge is 0.465 e. The van der Waals surface area contributed by atoms with Crippen molar-refractivity contribution in [2.45, 2.75) is 31.0 Å². The third kappa shape index (κ3) is 3.35. The third-order valence-corrected chi connectivity index (χ3v) is 3.95. The summed E-state index contributed by atoms with van der Waals surface area (Å²) in [5.41, 5.74) is 0.880. The molecule has 24 heavy (non-hydrogen) atoms. The van der Waals surface area contributed by atoms with Crippen LogP contribution in [-0.4, -0.2) is 55.4 Å². The van der Waals surface area contributed by atoms with Gasteiger partial charge in [-0.3, -0.25) is 4.79 Å². The van der Waals surface area contributed by atoms with Crippen molar-refractivity contribution in [1.82, 2.24) is 25.6 Å². The minimum absolute atomic E-state index is 0.263. The van der Waals surface area contributed by atoms with Crippen molar-refractivity contribution < 1.29 is 19.8 Å². The van der Waals surface area contributed by atoms with Crippen LogP contribution in [0.5, 0.6) is 0 Å². The summed E-state index contributed by atoms with van der Waals surface area (Å²) >= 11 is 0. The maximum absolute atomic E-state index is 12.6. The van der Waals surface area contributed by atoms with Crippen molar-refractivity contribution in [3.63, 3.8) is 0 Å². The second-order valence-electron chi connectivity index (χ2n) is 5.60. The van der Waals surface area contributed by atoms with E-state index in [4.69, 9.17) is 5.11 Å². The predicted molar refractivity (Wildman–Crippen MR) is 82.8 cm³/mol. The highest BCUT2D eigenvalue weighted by molar-refractivity contribution is 5.97. The van der Waals surface area contributed by atoms with Crippen LogP contribution in [0.25, 0.3) is 5.69 Å². The summed E-state index contributed by atoms with van der Waals surface area (Å²) < 4.78 is 0. The summed E-state index contributed by atoms with van der Waals surface area (Å²) in [4.78, 5) is 24.8. The number of aliphatic hydroxyl groups excluding tert-OH is 1. The van der Waals surface area contributed by atoms with Crippen molar-refractivity contribution in [3.05, 3.63) is 42.2 Å². The first-order valence-electron chi connectivity index (χ1n) is 7.48. The fraction of sp³-hybridized carbons (Fsp3) is 0.333. The Morgan fingerprint density at radius 2 is 1.71 bits per heavy atom. The number of para-hydroxylation sites is 1. The minimum Gasteiger partial charge on any atom is -0.465 e. The first kappa shape index (κ1) is 15.9. The fourth-order valence-electron chi connectivity index (χ4n) is 2.91. The molecule has 3 atom stereocenters. The lowest BCUT2D eigenvalue weighted by atomic mass is 10.1. The Morgan fingerprint density at radius 1 is 1.08 bits per heavy atom. The minimum atomic E-state index is -1.19. The molecule has 1 heterocycles. The lowest BCUT2D eigenvalue weighted by molar-refractivity contribution is 0.0927. The van der Waals surface area contributed by atoms with E-state index in [1.165, 1.54) is 17.2 Å². The monoisotopic (exact) mass is 331 g/mol. The summed E-state index contributed by atoms with van der Waals surface area (Å²) in [6.07, 6.45) is 1.73. The molecule has 4 N–H and O–H groups in total. The van der Waals surface area contributed by atoms with Gasteiger partial charge in [0.2, 0.25) is 0 Å². The number of nitrogens with zero attached hydrogens (tertiary/aromatic N) is 3. The molecule has 0 saturated heterocycles. The van der Waals surface area contributed by atoms with E-state index < -0.39 is 24.3 Å². The van der Waals surface area contributed by atoms with Gasteiger partial charge in [0, 0.05) is 0 Å². The van der Waals surface area contributed by atoms with Crippen molar-refractivity contribution >= 4 is 12.0 Å². The van der Waals surface area contributed by atoms with Gasteiger partial charge in [-0.15, -0.1) is 0 Å². The fourth-order valence-corrected chi connectivity index (χ4v) is 2.91. The molecule has 1 aliphatic rings. The van der Waals surface area contributed by atoms with Crippen molar-refractivity contribution in [1.29, 1.82) is 0 Å². The molecular formula is C15H17N5O4. The van der Waals surface area contributed by atoms with Crippen LogP contribution in [0.2, 0.25) is 0 Å². The van der Waals surface area contributed by atoms with Crippen LogP contribution >= 0.6 is 0 Å². The van der Waals surface area contributed by atoms with Crippen LogP contribution in [0.15, 0.2) is 36.7 Å². The van der Waals surface area contributed by atoms with E-state index in [0.717, 1.165) is 0 Å². The molecule has 2 amide bonds. The normalized spacial score (nSPS) is 23.0. The lowest BCUT2D eigenvalue weighted by Crippen LogP contribution is -2.48. The molecular weight excluding hydrogens is 314 g/mol. The van der Waals surface area contributed by atoms with E-state index in [-0.39, 0.29) is 12.3 Å². The Balaban J connectivity index is 1.79. The second-order valence-corrected chi connectivity index (χ2v) is 5.60. The standard InChI is InChI=1S/C15H17N5O4/c21-9-7-11(12(8-9)19-15(23)24)18-14(22)10-3-1-2-4-13(10)20-16-5-6-17-20/h1-6,9,11-12,19,21H,7-8H2,(H,18,22)(H,23,24). The van der Waals surface area contributed by atoms with Crippen molar-refractivity contribution in [2.75, 3.05) is 0 Å². The Morgan fingerprint density at radius 3 is 2.38 bits per heavy atom. The SMILES string of the molecule is O=C(O)NC1CC(O)CC1NC(=O)c1ccccc1-n1nccn1. The van der Waals surface area contributed by atoms with Gasteiger partial charge in [-0.05, 0) is 25.0 Å². The number of aliphatic hydroxyl groups is 1. The van der Waals surface area contributed by atoms with Gasteiger partial charge in [0.25, 0.3) is 5.91 Å². The Labute approximate surface area is 137 Å². The molecule has 9 heteroatoms. The molecule has 1 saturated carbocycles. The first-order valence-corrected chi connectivity index (χ1v) is 7.48. The summed E-state index contributed by atoms with van der Waals surface area (Å²) in [5, 5.41) is 31.8. The summed E-state index contributed by atoms with van der Waals surface area (Å²) in [6.45, 7) is 0. The molecule has 2 aromatic rings. The molecule has 1 aliphatic carbocycles. The summed E-state index contributed by atoms with van der Waals surface area (Å²) in [5.74, 6) is -0.376. The molecule has 9 nitrogen and oxygen atoms in total. The predicted octanol–water partition coefficient (Wildman–Crippen LogP) is 0.157. The van der Waals surface area contributed by atoms with Gasteiger partial charge in [-0.2, -0.15) is 15.0 Å². The highest BCUT2D eigenvalue weighted by Gasteiger charge is 2.35. The quantitative estimate of drug-likeness (QED) is 0.631. The third-order valence-electron chi connectivity index (χ3n) is 3.95. The summed E-state index contributed by atoms with van der Waals surface area (Å²) in [6, 6.07) is 5.82. The molecule has 3 unspecified atom stereocenters. The van der Waals surface area contributed by atoms with Gasteiger partial charge < -0.3 is 20.8 Å². The highest BCUT2D eigenvalue weighted by Crippen LogP contribution is 2.21. The number of benzene rings is 1. The smallest absolute Gasteiger partial charge is 0.404 e. The van der Waals surface area contributed by atoms with E-state index >= 15 is 0 Å².